The van der Waals surface area contributed by atoms with E-state index in [1.54, 1.807) is 23.5 Å². The van der Waals surface area contributed by atoms with Crippen LogP contribution in [0.4, 0.5) is 4.39 Å². The highest BCUT2D eigenvalue weighted by atomic mass is 32.1. The van der Waals surface area contributed by atoms with Gasteiger partial charge >= 0.3 is 0 Å². The van der Waals surface area contributed by atoms with Gasteiger partial charge in [0.2, 0.25) is 5.91 Å². The minimum atomic E-state index is -0.460. The molecule has 0 bridgehead atoms. The second-order valence-electron chi connectivity index (χ2n) is 6.92. The van der Waals surface area contributed by atoms with Gasteiger partial charge in [0.05, 0.1) is 5.41 Å². The van der Waals surface area contributed by atoms with Gasteiger partial charge in [0.1, 0.15) is 5.82 Å². The zero-order chi connectivity index (χ0) is 17.4. The van der Waals surface area contributed by atoms with Gasteiger partial charge < -0.3 is 5.32 Å². The van der Waals surface area contributed by atoms with Crippen molar-refractivity contribution in [2.75, 3.05) is 0 Å². The number of rotatable bonds is 5. The Labute approximate surface area is 150 Å². The van der Waals surface area contributed by atoms with Crippen LogP contribution in [-0.4, -0.2) is 11.9 Å². The van der Waals surface area contributed by atoms with Crippen molar-refractivity contribution in [1.82, 2.24) is 5.32 Å². The molecule has 128 valence electrons. The lowest BCUT2D eigenvalue weighted by atomic mass is 9.94. The molecule has 0 spiro atoms. The summed E-state index contributed by atoms with van der Waals surface area (Å²) in [6.45, 7) is 2.05. The Morgan fingerprint density at radius 1 is 1.20 bits per heavy atom. The van der Waals surface area contributed by atoms with Crippen LogP contribution in [0.5, 0.6) is 0 Å². The molecule has 4 rings (SSSR count). The summed E-state index contributed by atoms with van der Waals surface area (Å²) in [5, 5.41) is 6.62. The normalized spacial score (nSPS) is 16.6. The molecule has 0 unspecified atom stereocenters. The minimum absolute atomic E-state index is 0.0587. The van der Waals surface area contributed by atoms with Gasteiger partial charge in [-0.2, -0.15) is 0 Å². The van der Waals surface area contributed by atoms with Gasteiger partial charge in [0.15, 0.2) is 0 Å². The fourth-order valence-electron chi connectivity index (χ4n) is 3.47. The minimum Gasteiger partial charge on any atom is -0.353 e. The second-order valence-corrected chi connectivity index (χ2v) is 7.84. The Kier molecular flexibility index (Phi) is 4.08. The van der Waals surface area contributed by atoms with E-state index >= 15 is 0 Å². The van der Waals surface area contributed by atoms with Gasteiger partial charge in [-0.3, -0.25) is 4.79 Å². The molecule has 3 aromatic rings. The van der Waals surface area contributed by atoms with Gasteiger partial charge in [-0.25, -0.2) is 4.39 Å². The van der Waals surface area contributed by atoms with Crippen molar-refractivity contribution < 1.29 is 9.18 Å². The summed E-state index contributed by atoms with van der Waals surface area (Å²) in [4.78, 5) is 12.8. The van der Waals surface area contributed by atoms with Crippen molar-refractivity contribution in [3.8, 4) is 0 Å². The van der Waals surface area contributed by atoms with Crippen molar-refractivity contribution in [3.63, 3.8) is 0 Å². The molecule has 1 heterocycles. The summed E-state index contributed by atoms with van der Waals surface area (Å²) in [5.74, 6) is -0.205. The monoisotopic (exact) mass is 353 g/mol. The maximum atomic E-state index is 13.1. The number of thiophene rings is 1. The second kappa shape index (κ2) is 6.26. The molecular formula is C21H20FNOS. The van der Waals surface area contributed by atoms with Crippen molar-refractivity contribution in [3.05, 3.63) is 70.9 Å². The van der Waals surface area contributed by atoms with Crippen LogP contribution >= 0.6 is 11.3 Å². The largest absolute Gasteiger partial charge is 0.353 e. The first kappa shape index (κ1) is 16.3. The van der Waals surface area contributed by atoms with Crippen LogP contribution in [0.15, 0.2) is 53.9 Å². The smallest absolute Gasteiger partial charge is 0.230 e. The number of halogens is 1. The maximum Gasteiger partial charge on any atom is 0.230 e. The zero-order valence-corrected chi connectivity index (χ0v) is 14.9. The number of amides is 1. The Morgan fingerprint density at radius 3 is 2.64 bits per heavy atom. The van der Waals surface area contributed by atoms with E-state index < -0.39 is 5.41 Å². The Hall–Kier alpha value is -2.20. The van der Waals surface area contributed by atoms with Gasteiger partial charge in [-0.15, -0.1) is 11.3 Å². The molecule has 1 amide bonds. The Morgan fingerprint density at radius 2 is 1.92 bits per heavy atom. The molecule has 1 aliphatic rings. The molecule has 0 radical (unpaired) electrons. The van der Waals surface area contributed by atoms with Gasteiger partial charge in [-0.05, 0) is 66.3 Å². The zero-order valence-electron chi connectivity index (χ0n) is 14.1. The summed E-state index contributed by atoms with van der Waals surface area (Å²) in [6.07, 6.45) is 2.48. The predicted molar refractivity (Wildman–Crippen MR) is 100 cm³/mol. The number of benzene rings is 2. The quantitative estimate of drug-likeness (QED) is 0.700. The summed E-state index contributed by atoms with van der Waals surface area (Å²) in [6, 6.07) is 14.8. The van der Waals surface area contributed by atoms with E-state index in [4.69, 9.17) is 0 Å². The highest BCUT2D eigenvalue weighted by molar-refractivity contribution is 7.17. The van der Waals surface area contributed by atoms with Crippen molar-refractivity contribution in [2.45, 2.75) is 37.6 Å². The Balaban J connectivity index is 1.46. The molecular weight excluding hydrogens is 333 g/mol. The Bertz CT molecular complexity index is 911. The van der Waals surface area contributed by atoms with E-state index in [-0.39, 0.29) is 17.8 Å². The van der Waals surface area contributed by atoms with Crippen molar-refractivity contribution in [2.24, 2.45) is 0 Å². The number of fused-ring (bicyclic) bond motifs is 1. The van der Waals surface area contributed by atoms with Crippen LogP contribution in [0.1, 0.15) is 30.9 Å². The lowest BCUT2D eigenvalue weighted by Crippen LogP contribution is -2.41. The first-order valence-corrected chi connectivity index (χ1v) is 9.48. The molecule has 0 aliphatic heterocycles. The average Bonchev–Trinajstić information content (AvgIpc) is 3.33. The fourth-order valence-corrected chi connectivity index (χ4v) is 4.45. The van der Waals surface area contributed by atoms with Crippen LogP contribution < -0.4 is 5.32 Å². The van der Waals surface area contributed by atoms with Crippen LogP contribution in [-0.2, 0) is 16.6 Å². The predicted octanol–water partition coefficient (Wildman–Crippen LogP) is 4.82. The van der Waals surface area contributed by atoms with Crippen molar-refractivity contribution in [1.29, 1.82) is 0 Å². The first-order chi connectivity index (χ1) is 12.1. The molecule has 1 fully saturated rings. The third kappa shape index (κ3) is 3.07. The molecule has 1 N–H and O–H groups in total. The molecule has 25 heavy (non-hydrogen) atoms. The van der Waals surface area contributed by atoms with E-state index in [0.29, 0.717) is 0 Å². The third-order valence-electron chi connectivity index (χ3n) is 5.05. The molecule has 1 atom stereocenters. The average molecular weight is 353 g/mol. The molecule has 1 aliphatic carbocycles. The topological polar surface area (TPSA) is 29.1 Å². The fraction of sp³-hybridized carbons (Fsp3) is 0.286. The number of carbonyl (C=O) groups is 1. The SMILES string of the molecule is C[C@@H](Cc1csc2ccccc12)NC(=O)C1(c2ccc(F)cc2)CC1. The summed E-state index contributed by atoms with van der Waals surface area (Å²) >= 11 is 1.74. The van der Waals surface area contributed by atoms with Gasteiger partial charge in [0.25, 0.3) is 0 Å². The lowest BCUT2D eigenvalue weighted by Gasteiger charge is -2.20. The van der Waals surface area contributed by atoms with Crippen LogP contribution in [0, 0.1) is 5.82 Å². The van der Waals surface area contributed by atoms with E-state index in [9.17, 15) is 9.18 Å². The number of hydrogen-bond donors (Lipinski definition) is 1. The standard InChI is InChI=1S/C21H20FNOS/c1-14(12-15-13-25-19-5-3-2-4-18(15)19)23-20(24)21(10-11-21)16-6-8-17(22)9-7-16/h2-9,13-14H,10-12H2,1H3,(H,23,24)/t14-/m0/s1. The first-order valence-electron chi connectivity index (χ1n) is 8.61. The van der Waals surface area contributed by atoms with Gasteiger partial charge in [0, 0.05) is 10.7 Å². The maximum absolute atomic E-state index is 13.1. The third-order valence-corrected chi connectivity index (χ3v) is 6.06. The number of nitrogens with one attached hydrogen (secondary N) is 1. The van der Waals surface area contributed by atoms with E-state index in [1.165, 1.54) is 27.8 Å². The molecule has 4 heteroatoms. The summed E-state index contributed by atoms with van der Waals surface area (Å²) in [7, 11) is 0. The molecule has 2 nitrogen and oxygen atoms in total. The number of hydrogen-bond acceptors (Lipinski definition) is 2. The molecule has 0 saturated heterocycles. The van der Waals surface area contributed by atoms with E-state index in [1.807, 2.05) is 13.0 Å². The molecule has 1 saturated carbocycles. The van der Waals surface area contributed by atoms with Crippen LogP contribution in [0.3, 0.4) is 0 Å². The summed E-state index contributed by atoms with van der Waals surface area (Å²) < 4.78 is 14.4. The molecule has 2 aromatic carbocycles. The van der Waals surface area contributed by atoms with E-state index in [2.05, 4.69) is 28.9 Å². The van der Waals surface area contributed by atoms with Crippen molar-refractivity contribution >= 4 is 27.3 Å². The molecule has 1 aromatic heterocycles. The highest BCUT2D eigenvalue weighted by Crippen LogP contribution is 2.48. The van der Waals surface area contributed by atoms with E-state index in [0.717, 1.165) is 24.8 Å². The highest BCUT2D eigenvalue weighted by Gasteiger charge is 2.51. The summed E-state index contributed by atoms with van der Waals surface area (Å²) in [5.41, 5.74) is 1.73. The van der Waals surface area contributed by atoms with Crippen LogP contribution in [0.2, 0.25) is 0 Å². The van der Waals surface area contributed by atoms with Gasteiger partial charge in [-0.1, -0.05) is 30.3 Å². The van der Waals surface area contributed by atoms with Crippen LogP contribution in [0.25, 0.3) is 10.1 Å². The number of carbonyl (C=O) groups excluding carboxylic acids is 1. The lowest BCUT2D eigenvalue weighted by molar-refractivity contribution is -0.124.